The molecule has 0 amide bonds. The fourth-order valence-electron chi connectivity index (χ4n) is 5.79. The van der Waals surface area contributed by atoms with Gasteiger partial charge in [0.2, 0.25) is 5.82 Å². The Bertz CT molecular complexity index is 1100. The number of carbonyl (C=O) groups is 1. The van der Waals surface area contributed by atoms with Crippen molar-refractivity contribution in [1.82, 2.24) is 0 Å². The molecule has 2 aromatic carbocycles. The van der Waals surface area contributed by atoms with Crippen LogP contribution in [0.25, 0.3) is 0 Å². The maximum atomic E-state index is 15.1. The van der Waals surface area contributed by atoms with Crippen molar-refractivity contribution in [1.29, 1.82) is 0 Å². The number of aliphatic hydroxyl groups is 1. The zero-order valence-corrected chi connectivity index (χ0v) is 21.2. The van der Waals surface area contributed by atoms with Gasteiger partial charge in [-0.2, -0.15) is 4.39 Å². The zero-order chi connectivity index (χ0) is 26.7. The first-order chi connectivity index (χ1) is 17.7. The third-order valence-corrected chi connectivity index (χ3v) is 7.99. The molecular weight excluding hydrogens is 488 g/mol. The maximum absolute atomic E-state index is 15.1. The highest BCUT2D eigenvalue weighted by Gasteiger charge is 2.32. The number of benzene rings is 2. The Morgan fingerprint density at radius 2 is 1.38 bits per heavy atom. The van der Waals surface area contributed by atoms with Crippen LogP contribution in [-0.2, 0) is 4.74 Å². The molecule has 2 saturated carbocycles. The summed E-state index contributed by atoms with van der Waals surface area (Å²) in [6, 6.07) is 5.68. The lowest BCUT2D eigenvalue weighted by atomic mass is 9.76. The third-order valence-electron chi connectivity index (χ3n) is 7.99. The fourth-order valence-corrected chi connectivity index (χ4v) is 5.79. The molecule has 0 bridgehead atoms. The summed E-state index contributed by atoms with van der Waals surface area (Å²) in [5, 5.41) is 9.79. The van der Waals surface area contributed by atoms with Gasteiger partial charge in [0.25, 0.3) is 0 Å². The van der Waals surface area contributed by atoms with Gasteiger partial charge in [0.15, 0.2) is 23.2 Å². The van der Waals surface area contributed by atoms with E-state index >= 15 is 8.78 Å². The Morgan fingerprint density at radius 1 is 0.838 bits per heavy atom. The van der Waals surface area contributed by atoms with Crippen molar-refractivity contribution >= 4 is 5.97 Å². The van der Waals surface area contributed by atoms with E-state index in [1.165, 1.54) is 6.07 Å². The molecule has 2 aliphatic carbocycles. The lowest BCUT2D eigenvalue weighted by Gasteiger charge is -2.31. The van der Waals surface area contributed by atoms with Crippen molar-refractivity contribution in [3.8, 4) is 5.75 Å². The topological polar surface area (TPSA) is 55.8 Å². The second-order valence-electron chi connectivity index (χ2n) is 10.3. The summed E-state index contributed by atoms with van der Waals surface area (Å²) in [5.74, 6) is -5.47. The number of hydrogen-bond acceptors (Lipinski definition) is 4. The summed E-state index contributed by atoms with van der Waals surface area (Å²) in [4.78, 5) is 12.5. The van der Waals surface area contributed by atoms with Crippen molar-refractivity contribution in [2.45, 2.75) is 89.3 Å². The van der Waals surface area contributed by atoms with Crippen LogP contribution in [0.2, 0.25) is 0 Å². The van der Waals surface area contributed by atoms with Crippen LogP contribution in [0.3, 0.4) is 0 Å². The van der Waals surface area contributed by atoms with Gasteiger partial charge in [0, 0.05) is 0 Å². The number of ether oxygens (including phenoxy) is 2. The average Bonchev–Trinajstić information content (AvgIpc) is 2.89. The van der Waals surface area contributed by atoms with Crippen LogP contribution in [0.15, 0.2) is 24.3 Å². The van der Waals surface area contributed by atoms with Gasteiger partial charge in [0.1, 0.15) is 6.10 Å². The molecule has 2 aliphatic rings. The molecule has 0 heterocycles. The van der Waals surface area contributed by atoms with Gasteiger partial charge in [-0.15, -0.1) is 0 Å². The first-order valence-corrected chi connectivity index (χ1v) is 13.2. The average molecular weight is 523 g/mol. The lowest BCUT2D eigenvalue weighted by Crippen LogP contribution is -2.25. The van der Waals surface area contributed by atoms with Crippen molar-refractivity contribution in [3.63, 3.8) is 0 Å². The number of esters is 1. The van der Waals surface area contributed by atoms with Crippen LogP contribution in [0.1, 0.15) is 98.5 Å². The molecule has 8 heteroatoms. The first kappa shape index (κ1) is 27.4. The monoisotopic (exact) mass is 522 g/mol. The summed E-state index contributed by atoms with van der Waals surface area (Å²) >= 11 is 0. The van der Waals surface area contributed by atoms with E-state index in [-0.39, 0.29) is 36.2 Å². The Morgan fingerprint density at radius 3 is 1.89 bits per heavy atom. The maximum Gasteiger partial charge on any atom is 0.341 e. The minimum Gasteiger partial charge on any atom is -0.491 e. The van der Waals surface area contributed by atoms with Gasteiger partial charge in [-0.05, 0) is 106 Å². The molecule has 0 aromatic heterocycles. The molecule has 1 atom stereocenters. The molecule has 1 N–H and O–H groups in total. The Kier molecular flexibility index (Phi) is 8.78. The molecule has 1 unspecified atom stereocenters. The fraction of sp³-hybridized carbons (Fsp3) is 0.552. The molecule has 0 radical (unpaired) electrons. The van der Waals surface area contributed by atoms with E-state index in [9.17, 15) is 18.7 Å². The van der Waals surface area contributed by atoms with Gasteiger partial charge >= 0.3 is 5.97 Å². The normalized spacial score (nSPS) is 24.9. The van der Waals surface area contributed by atoms with Crippen LogP contribution in [0, 0.1) is 29.2 Å². The van der Waals surface area contributed by atoms with Crippen molar-refractivity contribution in [2.75, 3.05) is 6.61 Å². The quantitative estimate of drug-likeness (QED) is 0.309. The Labute approximate surface area is 215 Å². The highest BCUT2D eigenvalue weighted by Crippen LogP contribution is 2.41. The Balaban J connectivity index is 1.36. The van der Waals surface area contributed by atoms with Gasteiger partial charge in [0.05, 0.1) is 18.3 Å². The number of aliphatic hydroxyl groups excluding tert-OH is 1. The first-order valence-electron chi connectivity index (χ1n) is 13.2. The minimum absolute atomic E-state index is 0.0541. The SMILES string of the molecule is CCOc1ccc(C(=O)OC2CCC(c3ccc(C4CCC(C(C)O)CC4)c(F)c3F)CC2)c(F)c1F. The van der Waals surface area contributed by atoms with Crippen LogP contribution in [0.5, 0.6) is 5.75 Å². The summed E-state index contributed by atoms with van der Waals surface area (Å²) in [6.45, 7) is 3.56. The number of hydrogen-bond donors (Lipinski definition) is 1. The van der Waals surface area contributed by atoms with E-state index in [1.54, 1.807) is 26.0 Å². The van der Waals surface area contributed by atoms with Gasteiger partial charge < -0.3 is 14.6 Å². The smallest absolute Gasteiger partial charge is 0.341 e. The van der Waals surface area contributed by atoms with E-state index in [0.717, 1.165) is 31.7 Å². The molecule has 37 heavy (non-hydrogen) atoms. The molecular formula is C29H34F4O4. The molecule has 4 nitrogen and oxygen atoms in total. The van der Waals surface area contributed by atoms with E-state index in [0.29, 0.717) is 36.8 Å². The van der Waals surface area contributed by atoms with Gasteiger partial charge in [-0.3, -0.25) is 0 Å². The molecule has 2 fully saturated rings. The van der Waals surface area contributed by atoms with Crippen LogP contribution in [-0.4, -0.2) is 29.9 Å². The van der Waals surface area contributed by atoms with E-state index in [4.69, 9.17) is 9.47 Å². The molecule has 0 spiro atoms. The van der Waals surface area contributed by atoms with Crippen molar-refractivity contribution in [3.05, 3.63) is 64.2 Å². The number of rotatable bonds is 7. The second kappa shape index (κ2) is 11.8. The third kappa shape index (κ3) is 5.95. The number of halogens is 4. The zero-order valence-electron chi connectivity index (χ0n) is 21.2. The summed E-state index contributed by atoms with van der Waals surface area (Å²) in [6.07, 6.45) is 3.90. The predicted octanol–water partition coefficient (Wildman–Crippen LogP) is 7.18. The lowest BCUT2D eigenvalue weighted by molar-refractivity contribution is 0.0188. The number of carbonyl (C=O) groups excluding carboxylic acids is 1. The van der Waals surface area contributed by atoms with Crippen LogP contribution < -0.4 is 4.74 Å². The molecule has 2 aromatic rings. The van der Waals surface area contributed by atoms with Crippen LogP contribution >= 0.6 is 0 Å². The largest absolute Gasteiger partial charge is 0.491 e. The second-order valence-corrected chi connectivity index (χ2v) is 10.3. The summed E-state index contributed by atoms with van der Waals surface area (Å²) in [5.41, 5.74) is 0.218. The molecule has 202 valence electrons. The van der Waals surface area contributed by atoms with Crippen LogP contribution in [0.4, 0.5) is 17.6 Å². The van der Waals surface area contributed by atoms with E-state index in [1.807, 2.05) is 0 Å². The molecule has 0 saturated heterocycles. The Hall–Kier alpha value is -2.61. The summed E-state index contributed by atoms with van der Waals surface area (Å²) in [7, 11) is 0. The molecule has 4 rings (SSSR count). The standard InChI is InChI=1S/C29H34F4O4/c1-3-36-24-15-14-23(27(32)28(24)33)29(35)37-20-10-8-19(9-11-20)22-13-12-21(25(30)26(22)31)18-6-4-17(5-7-18)16(2)34/h12-20,34H,3-11H2,1-2H3. The van der Waals surface area contributed by atoms with E-state index < -0.39 is 40.9 Å². The van der Waals surface area contributed by atoms with E-state index in [2.05, 4.69) is 0 Å². The summed E-state index contributed by atoms with van der Waals surface area (Å²) < 4.78 is 69.0. The minimum atomic E-state index is -1.32. The van der Waals surface area contributed by atoms with Gasteiger partial charge in [-0.25, -0.2) is 18.0 Å². The van der Waals surface area contributed by atoms with Gasteiger partial charge in [-0.1, -0.05) is 12.1 Å². The van der Waals surface area contributed by atoms with Crippen molar-refractivity contribution in [2.24, 2.45) is 5.92 Å². The van der Waals surface area contributed by atoms with Crippen molar-refractivity contribution < 1.29 is 36.9 Å². The molecule has 0 aliphatic heterocycles. The highest BCUT2D eigenvalue weighted by atomic mass is 19.2. The highest BCUT2D eigenvalue weighted by molar-refractivity contribution is 5.90. The predicted molar refractivity (Wildman–Crippen MR) is 131 cm³/mol.